The average molecular weight is 406 g/mol. The van der Waals surface area contributed by atoms with E-state index >= 15 is 0 Å². The van der Waals surface area contributed by atoms with E-state index in [-0.39, 0.29) is 17.7 Å². The monoisotopic (exact) mass is 406 g/mol. The van der Waals surface area contributed by atoms with Crippen LogP contribution in [0.1, 0.15) is 23.5 Å². The van der Waals surface area contributed by atoms with Gasteiger partial charge in [-0.1, -0.05) is 54.6 Å². The third kappa shape index (κ3) is 4.92. The average Bonchev–Trinajstić information content (AvgIpc) is 2.77. The number of benzene rings is 3. The summed E-state index contributed by atoms with van der Waals surface area (Å²) in [6.07, 6.45) is 0.727. The zero-order chi connectivity index (χ0) is 20.9. The predicted molar refractivity (Wildman–Crippen MR) is 114 cm³/mol. The number of hydrogen-bond acceptors (Lipinski definition) is 2. The van der Waals surface area contributed by atoms with E-state index in [9.17, 15) is 13.6 Å². The summed E-state index contributed by atoms with van der Waals surface area (Å²) in [6, 6.07) is 23.2. The maximum atomic E-state index is 14.2. The SMILES string of the molecule is O=C(Nc1ccccc1)C1CC(c2ccccc2)CN(Cc2ccc(F)cc2F)C1. The Morgan fingerprint density at radius 2 is 1.63 bits per heavy atom. The largest absolute Gasteiger partial charge is 0.326 e. The topological polar surface area (TPSA) is 32.3 Å². The molecule has 1 heterocycles. The summed E-state index contributed by atoms with van der Waals surface area (Å²) in [5, 5.41) is 3.00. The number of piperidine rings is 1. The van der Waals surface area contributed by atoms with Crippen LogP contribution in [0.3, 0.4) is 0 Å². The van der Waals surface area contributed by atoms with E-state index in [0.29, 0.717) is 18.7 Å². The smallest absolute Gasteiger partial charge is 0.228 e. The summed E-state index contributed by atoms with van der Waals surface area (Å²) in [6.45, 7) is 1.58. The molecule has 5 heteroatoms. The molecule has 0 aliphatic carbocycles. The van der Waals surface area contributed by atoms with E-state index in [1.165, 1.54) is 17.7 Å². The number of nitrogens with zero attached hydrogens (tertiary/aromatic N) is 1. The second-order valence-electron chi connectivity index (χ2n) is 7.83. The number of carbonyl (C=O) groups is 1. The van der Waals surface area contributed by atoms with E-state index in [2.05, 4.69) is 22.3 Å². The highest BCUT2D eigenvalue weighted by Crippen LogP contribution is 2.32. The fraction of sp³-hybridized carbons (Fsp3) is 0.240. The van der Waals surface area contributed by atoms with Crippen molar-refractivity contribution in [1.82, 2.24) is 4.90 Å². The Kier molecular flexibility index (Phi) is 6.19. The maximum absolute atomic E-state index is 14.2. The van der Waals surface area contributed by atoms with Crippen molar-refractivity contribution in [2.45, 2.75) is 18.9 Å². The highest BCUT2D eigenvalue weighted by molar-refractivity contribution is 5.92. The molecule has 1 N–H and O–H groups in total. The first-order valence-electron chi connectivity index (χ1n) is 10.2. The lowest BCUT2D eigenvalue weighted by Crippen LogP contribution is -2.43. The standard InChI is InChI=1S/C25H24F2N2O/c26-22-12-11-19(24(27)14-22)15-29-16-20(18-7-3-1-4-8-18)13-21(17-29)25(30)28-23-9-5-2-6-10-23/h1-12,14,20-21H,13,15-17H2,(H,28,30). The molecule has 3 aromatic carbocycles. The summed E-state index contributed by atoms with van der Waals surface area (Å²) in [5.74, 6) is -1.24. The first-order chi connectivity index (χ1) is 14.6. The second-order valence-corrected chi connectivity index (χ2v) is 7.83. The summed E-state index contributed by atoms with van der Waals surface area (Å²) < 4.78 is 27.5. The molecule has 0 spiro atoms. The molecule has 1 fully saturated rings. The van der Waals surface area contributed by atoms with Gasteiger partial charge in [-0.25, -0.2) is 8.78 Å². The van der Waals surface area contributed by atoms with Crippen molar-refractivity contribution >= 4 is 11.6 Å². The third-order valence-corrected chi connectivity index (χ3v) is 5.62. The molecular weight excluding hydrogens is 382 g/mol. The van der Waals surface area contributed by atoms with Crippen molar-refractivity contribution in [3.63, 3.8) is 0 Å². The molecule has 1 amide bonds. The van der Waals surface area contributed by atoms with Crippen molar-refractivity contribution in [2.24, 2.45) is 5.92 Å². The van der Waals surface area contributed by atoms with Crippen LogP contribution in [0, 0.1) is 17.6 Å². The van der Waals surface area contributed by atoms with Crippen molar-refractivity contribution in [1.29, 1.82) is 0 Å². The van der Waals surface area contributed by atoms with E-state index < -0.39 is 11.6 Å². The van der Waals surface area contributed by atoms with Crippen LogP contribution in [0.15, 0.2) is 78.9 Å². The highest BCUT2D eigenvalue weighted by Gasteiger charge is 2.32. The van der Waals surface area contributed by atoms with Crippen molar-refractivity contribution < 1.29 is 13.6 Å². The molecule has 1 aliphatic heterocycles. The minimum Gasteiger partial charge on any atom is -0.326 e. The van der Waals surface area contributed by atoms with Gasteiger partial charge in [0.2, 0.25) is 5.91 Å². The molecule has 0 bridgehead atoms. The Balaban J connectivity index is 1.54. The van der Waals surface area contributed by atoms with Crippen LogP contribution in [-0.4, -0.2) is 23.9 Å². The molecule has 1 aliphatic rings. The highest BCUT2D eigenvalue weighted by atomic mass is 19.1. The van der Waals surface area contributed by atoms with Gasteiger partial charge >= 0.3 is 0 Å². The van der Waals surface area contributed by atoms with Gasteiger partial charge in [0.25, 0.3) is 0 Å². The summed E-state index contributed by atoms with van der Waals surface area (Å²) in [7, 11) is 0. The Morgan fingerprint density at radius 3 is 2.33 bits per heavy atom. The molecule has 30 heavy (non-hydrogen) atoms. The van der Waals surface area contributed by atoms with Gasteiger partial charge < -0.3 is 5.32 Å². The van der Waals surface area contributed by atoms with Gasteiger partial charge in [0.15, 0.2) is 0 Å². The first-order valence-corrected chi connectivity index (χ1v) is 10.2. The number of likely N-dealkylation sites (tertiary alicyclic amines) is 1. The summed E-state index contributed by atoms with van der Waals surface area (Å²) in [4.78, 5) is 15.1. The van der Waals surface area contributed by atoms with Gasteiger partial charge in [0.05, 0.1) is 5.92 Å². The normalized spacial score (nSPS) is 19.4. The van der Waals surface area contributed by atoms with Gasteiger partial charge in [-0.05, 0) is 36.1 Å². The first kappa shape index (κ1) is 20.2. The van der Waals surface area contributed by atoms with E-state index in [4.69, 9.17) is 0 Å². The Labute approximate surface area is 175 Å². The van der Waals surface area contributed by atoms with Crippen molar-refractivity contribution in [3.8, 4) is 0 Å². The molecule has 154 valence electrons. The number of amides is 1. The number of carbonyl (C=O) groups excluding carboxylic acids is 1. The third-order valence-electron chi connectivity index (χ3n) is 5.62. The van der Waals surface area contributed by atoms with Gasteiger partial charge in [-0.2, -0.15) is 0 Å². The molecule has 1 saturated heterocycles. The van der Waals surface area contributed by atoms with Crippen LogP contribution < -0.4 is 5.32 Å². The summed E-state index contributed by atoms with van der Waals surface area (Å²) >= 11 is 0. The van der Waals surface area contributed by atoms with Crippen LogP contribution in [0.2, 0.25) is 0 Å². The Morgan fingerprint density at radius 1 is 0.933 bits per heavy atom. The molecule has 2 unspecified atom stereocenters. The predicted octanol–water partition coefficient (Wildman–Crippen LogP) is 5.21. The lowest BCUT2D eigenvalue weighted by atomic mass is 9.84. The molecule has 3 aromatic rings. The number of hydrogen-bond donors (Lipinski definition) is 1. The van der Waals surface area contributed by atoms with Crippen LogP contribution in [0.4, 0.5) is 14.5 Å². The van der Waals surface area contributed by atoms with Gasteiger partial charge in [-0.15, -0.1) is 0 Å². The van der Waals surface area contributed by atoms with Crippen molar-refractivity contribution in [3.05, 3.63) is 102 Å². The van der Waals surface area contributed by atoms with Gasteiger partial charge in [-0.3, -0.25) is 9.69 Å². The van der Waals surface area contributed by atoms with Crippen molar-refractivity contribution in [2.75, 3.05) is 18.4 Å². The number of halogens is 2. The molecule has 0 saturated carbocycles. The quantitative estimate of drug-likeness (QED) is 0.631. The second kappa shape index (κ2) is 9.18. The fourth-order valence-electron chi connectivity index (χ4n) is 4.13. The maximum Gasteiger partial charge on any atom is 0.228 e. The van der Waals surface area contributed by atoms with E-state index in [1.54, 1.807) is 0 Å². The van der Waals surface area contributed by atoms with E-state index in [0.717, 1.165) is 24.7 Å². The van der Waals surface area contributed by atoms with E-state index in [1.807, 2.05) is 48.5 Å². The molecule has 0 radical (unpaired) electrons. The number of nitrogens with one attached hydrogen (secondary N) is 1. The molecule has 3 nitrogen and oxygen atoms in total. The molecule has 2 atom stereocenters. The Hall–Kier alpha value is -3.05. The lowest BCUT2D eigenvalue weighted by molar-refractivity contribution is -0.121. The van der Waals surface area contributed by atoms with Gasteiger partial charge in [0, 0.05) is 37.0 Å². The fourth-order valence-corrected chi connectivity index (χ4v) is 4.13. The zero-order valence-electron chi connectivity index (χ0n) is 16.6. The lowest BCUT2D eigenvalue weighted by Gasteiger charge is -2.37. The van der Waals surface area contributed by atoms with Gasteiger partial charge in [0.1, 0.15) is 11.6 Å². The van der Waals surface area contributed by atoms with Crippen LogP contribution >= 0.6 is 0 Å². The number of anilines is 1. The Bertz CT molecular complexity index is 995. The number of rotatable bonds is 5. The molecule has 4 rings (SSSR count). The zero-order valence-corrected chi connectivity index (χ0v) is 16.6. The van der Waals surface area contributed by atoms with Crippen LogP contribution in [-0.2, 0) is 11.3 Å². The van der Waals surface area contributed by atoms with Crippen LogP contribution in [0.5, 0.6) is 0 Å². The number of para-hydroxylation sites is 1. The molecule has 0 aromatic heterocycles. The van der Waals surface area contributed by atoms with Crippen LogP contribution in [0.25, 0.3) is 0 Å². The summed E-state index contributed by atoms with van der Waals surface area (Å²) in [5.41, 5.74) is 2.37. The minimum absolute atomic E-state index is 0.0357. The molecular formula is C25H24F2N2O. The minimum atomic E-state index is -0.586.